The Morgan fingerprint density at radius 2 is 1.55 bits per heavy atom. The van der Waals surface area contributed by atoms with Crippen LogP contribution in [0.3, 0.4) is 0 Å². The monoisotopic (exact) mass is 475 g/mol. The SMILES string of the molecule is COc1ccc(S(=O)(=O)Nc2ccc(C34CC5CC(CC(C5)C3)C4)cc2)cc1Br. The molecule has 4 bridgehead atoms. The van der Waals surface area contributed by atoms with E-state index in [1.54, 1.807) is 25.3 Å². The van der Waals surface area contributed by atoms with Gasteiger partial charge in [0.15, 0.2) is 0 Å². The molecule has 0 atom stereocenters. The molecule has 0 heterocycles. The molecule has 4 aliphatic rings. The molecule has 4 aliphatic carbocycles. The highest BCUT2D eigenvalue weighted by atomic mass is 79.9. The van der Waals surface area contributed by atoms with E-state index in [2.05, 4.69) is 32.8 Å². The van der Waals surface area contributed by atoms with E-state index in [9.17, 15) is 8.42 Å². The molecule has 4 fully saturated rings. The van der Waals surface area contributed by atoms with Crippen molar-refractivity contribution in [1.29, 1.82) is 0 Å². The minimum absolute atomic E-state index is 0.204. The van der Waals surface area contributed by atoms with E-state index in [1.165, 1.54) is 44.1 Å². The average molecular weight is 476 g/mol. The van der Waals surface area contributed by atoms with Crippen LogP contribution in [0, 0.1) is 17.8 Å². The normalized spacial score (nSPS) is 30.3. The van der Waals surface area contributed by atoms with Crippen molar-refractivity contribution in [3.63, 3.8) is 0 Å². The summed E-state index contributed by atoms with van der Waals surface area (Å²) >= 11 is 3.35. The summed E-state index contributed by atoms with van der Waals surface area (Å²) in [5.41, 5.74) is 2.32. The van der Waals surface area contributed by atoms with E-state index >= 15 is 0 Å². The van der Waals surface area contributed by atoms with Gasteiger partial charge in [0.05, 0.1) is 16.5 Å². The van der Waals surface area contributed by atoms with Gasteiger partial charge in [0.1, 0.15) is 5.75 Å². The van der Waals surface area contributed by atoms with Gasteiger partial charge in [-0.05, 0) is 114 Å². The lowest BCUT2D eigenvalue weighted by Crippen LogP contribution is -2.48. The number of methoxy groups -OCH3 is 1. The number of hydrogen-bond donors (Lipinski definition) is 1. The zero-order valence-corrected chi connectivity index (χ0v) is 18.9. The van der Waals surface area contributed by atoms with Crippen molar-refractivity contribution < 1.29 is 13.2 Å². The maximum Gasteiger partial charge on any atom is 0.261 e. The van der Waals surface area contributed by atoms with Crippen molar-refractivity contribution in [2.45, 2.75) is 48.8 Å². The van der Waals surface area contributed by atoms with Crippen LogP contribution in [-0.4, -0.2) is 15.5 Å². The number of hydrogen-bond acceptors (Lipinski definition) is 3. The summed E-state index contributed by atoms with van der Waals surface area (Å²) in [5, 5.41) is 0. The van der Waals surface area contributed by atoms with Gasteiger partial charge in [-0.1, -0.05) is 12.1 Å². The van der Waals surface area contributed by atoms with E-state index < -0.39 is 10.0 Å². The smallest absolute Gasteiger partial charge is 0.261 e. The van der Waals surface area contributed by atoms with Gasteiger partial charge in [-0.25, -0.2) is 8.42 Å². The summed E-state index contributed by atoms with van der Waals surface area (Å²) < 4.78 is 34.1. The summed E-state index contributed by atoms with van der Waals surface area (Å²) in [6.45, 7) is 0. The molecule has 6 rings (SSSR count). The van der Waals surface area contributed by atoms with Gasteiger partial charge in [-0.3, -0.25) is 4.72 Å². The molecule has 154 valence electrons. The van der Waals surface area contributed by atoms with Crippen LogP contribution >= 0.6 is 15.9 Å². The molecule has 2 aromatic carbocycles. The lowest BCUT2D eigenvalue weighted by atomic mass is 9.48. The summed E-state index contributed by atoms with van der Waals surface area (Å²) in [6.07, 6.45) is 8.20. The Balaban J connectivity index is 1.36. The maximum absolute atomic E-state index is 12.8. The number of benzene rings is 2. The van der Waals surface area contributed by atoms with E-state index in [4.69, 9.17) is 4.74 Å². The molecule has 29 heavy (non-hydrogen) atoms. The Labute approximate surface area is 181 Å². The van der Waals surface area contributed by atoms with Crippen LogP contribution in [0.4, 0.5) is 5.69 Å². The molecular weight excluding hydrogens is 450 g/mol. The Kier molecular flexibility index (Phi) is 4.70. The van der Waals surface area contributed by atoms with E-state index in [1.807, 2.05) is 12.1 Å². The first kappa shape index (κ1) is 19.4. The van der Waals surface area contributed by atoms with E-state index in [0.29, 0.717) is 21.3 Å². The third-order valence-corrected chi connectivity index (χ3v) is 9.22. The highest BCUT2D eigenvalue weighted by molar-refractivity contribution is 9.10. The van der Waals surface area contributed by atoms with Crippen LogP contribution < -0.4 is 9.46 Å². The van der Waals surface area contributed by atoms with E-state index in [0.717, 1.165) is 17.8 Å². The molecule has 6 heteroatoms. The van der Waals surface area contributed by atoms with Crippen LogP contribution in [0.1, 0.15) is 44.1 Å². The van der Waals surface area contributed by atoms with Gasteiger partial charge in [-0.15, -0.1) is 0 Å². The molecule has 4 nitrogen and oxygen atoms in total. The van der Waals surface area contributed by atoms with Crippen molar-refractivity contribution in [2.75, 3.05) is 11.8 Å². The topological polar surface area (TPSA) is 55.4 Å². The Hall–Kier alpha value is -1.53. The zero-order chi connectivity index (χ0) is 20.2. The van der Waals surface area contributed by atoms with Gasteiger partial charge in [0, 0.05) is 5.69 Å². The van der Waals surface area contributed by atoms with Crippen LogP contribution in [0.25, 0.3) is 0 Å². The van der Waals surface area contributed by atoms with Gasteiger partial charge < -0.3 is 4.74 Å². The second-order valence-corrected chi connectivity index (χ2v) is 11.7. The second kappa shape index (κ2) is 7.02. The number of rotatable bonds is 5. The highest BCUT2D eigenvalue weighted by Crippen LogP contribution is 2.60. The van der Waals surface area contributed by atoms with E-state index in [-0.39, 0.29) is 4.90 Å². The van der Waals surface area contributed by atoms with Crippen LogP contribution in [-0.2, 0) is 15.4 Å². The first-order chi connectivity index (χ1) is 13.9. The number of anilines is 1. The summed E-state index contributed by atoms with van der Waals surface area (Å²) in [4.78, 5) is 0.204. The molecule has 0 saturated heterocycles. The zero-order valence-electron chi connectivity index (χ0n) is 16.5. The minimum Gasteiger partial charge on any atom is -0.496 e. The number of ether oxygens (including phenoxy) is 1. The lowest BCUT2D eigenvalue weighted by molar-refractivity contribution is -0.00518. The largest absolute Gasteiger partial charge is 0.496 e. The third kappa shape index (κ3) is 3.48. The fraction of sp³-hybridized carbons (Fsp3) is 0.478. The summed E-state index contributed by atoms with van der Waals surface area (Å²) in [5.74, 6) is 3.29. The van der Waals surface area contributed by atoms with Crippen molar-refractivity contribution in [3.05, 3.63) is 52.5 Å². The quantitative estimate of drug-likeness (QED) is 0.600. The van der Waals surface area contributed by atoms with Crippen molar-refractivity contribution >= 4 is 31.6 Å². The third-order valence-electron chi connectivity index (χ3n) is 7.22. The Morgan fingerprint density at radius 1 is 0.966 bits per heavy atom. The molecule has 0 aliphatic heterocycles. The minimum atomic E-state index is -3.65. The van der Waals surface area contributed by atoms with Crippen molar-refractivity contribution in [1.82, 2.24) is 0 Å². The highest BCUT2D eigenvalue weighted by Gasteiger charge is 2.51. The Morgan fingerprint density at radius 3 is 2.07 bits per heavy atom. The molecular formula is C23H26BrNO3S. The molecule has 2 aromatic rings. The molecule has 0 radical (unpaired) electrons. The van der Waals surface area contributed by atoms with Crippen LogP contribution in [0.2, 0.25) is 0 Å². The predicted molar refractivity (Wildman–Crippen MR) is 118 cm³/mol. The molecule has 4 saturated carbocycles. The second-order valence-electron chi connectivity index (χ2n) is 9.18. The average Bonchev–Trinajstić information content (AvgIpc) is 2.67. The van der Waals surface area contributed by atoms with Crippen molar-refractivity contribution in [2.24, 2.45) is 17.8 Å². The van der Waals surface area contributed by atoms with Gasteiger partial charge in [-0.2, -0.15) is 0 Å². The van der Waals surface area contributed by atoms with Crippen molar-refractivity contribution in [3.8, 4) is 5.75 Å². The van der Waals surface area contributed by atoms with Gasteiger partial charge in [0.25, 0.3) is 10.0 Å². The first-order valence-corrected chi connectivity index (χ1v) is 12.6. The fourth-order valence-corrected chi connectivity index (χ4v) is 8.16. The van der Waals surface area contributed by atoms with Gasteiger partial charge >= 0.3 is 0 Å². The van der Waals surface area contributed by atoms with Crippen LogP contribution in [0.5, 0.6) is 5.75 Å². The standard InChI is InChI=1S/C23H26BrNO3S/c1-28-22-7-6-20(11-21(22)24)29(26,27)25-19-4-2-18(3-5-19)23-12-15-8-16(13-23)10-17(9-15)14-23/h2-7,11,15-17,25H,8-10,12-14H2,1H3. The molecule has 1 N–H and O–H groups in total. The van der Waals surface area contributed by atoms with Crippen LogP contribution in [0.15, 0.2) is 51.8 Å². The Bertz CT molecular complexity index is 997. The number of halogens is 1. The molecule has 0 unspecified atom stereocenters. The molecule has 0 amide bonds. The fourth-order valence-electron chi connectivity index (χ4n) is 6.38. The number of nitrogens with one attached hydrogen (secondary N) is 1. The first-order valence-electron chi connectivity index (χ1n) is 10.3. The predicted octanol–water partition coefficient (Wildman–Crippen LogP) is 5.73. The maximum atomic E-state index is 12.8. The molecule has 0 spiro atoms. The summed E-state index contributed by atoms with van der Waals surface area (Å²) in [6, 6.07) is 12.9. The van der Waals surface area contributed by atoms with Gasteiger partial charge in [0.2, 0.25) is 0 Å². The summed E-state index contributed by atoms with van der Waals surface area (Å²) in [7, 11) is -2.10. The lowest BCUT2D eigenvalue weighted by Gasteiger charge is -2.57. The number of sulfonamides is 1. The molecule has 0 aromatic heterocycles.